The molecular weight excluding hydrogens is 546 g/mol. The highest BCUT2D eigenvalue weighted by molar-refractivity contribution is 6.32. The van der Waals surface area contributed by atoms with Crippen LogP contribution < -0.4 is 9.64 Å². The number of para-hydroxylation sites is 1. The number of aryl methyl sites for hydroxylation is 1. The molecule has 6 heteroatoms. The molecule has 1 fully saturated rings. The zero-order valence-corrected chi connectivity index (χ0v) is 24.0. The Morgan fingerprint density at radius 1 is 0.905 bits per heavy atom. The molecule has 7 rings (SSSR count). The third-order valence-corrected chi connectivity index (χ3v) is 9.16. The lowest BCUT2D eigenvalue weighted by Crippen LogP contribution is -2.48. The quantitative estimate of drug-likeness (QED) is 0.184. The van der Waals surface area contributed by atoms with Crippen molar-refractivity contribution in [2.75, 3.05) is 11.5 Å². The van der Waals surface area contributed by atoms with E-state index in [9.17, 15) is 14.4 Å². The number of ketones is 3. The largest absolute Gasteiger partial charge is 0.494 e. The van der Waals surface area contributed by atoms with E-state index in [2.05, 4.69) is 6.07 Å². The van der Waals surface area contributed by atoms with Crippen molar-refractivity contribution in [1.82, 2.24) is 0 Å². The number of nitrogens with zero attached hydrogens (tertiary/aromatic N) is 1. The van der Waals surface area contributed by atoms with Crippen molar-refractivity contribution in [2.45, 2.75) is 31.8 Å². The van der Waals surface area contributed by atoms with Gasteiger partial charge in [-0.1, -0.05) is 77.8 Å². The summed E-state index contributed by atoms with van der Waals surface area (Å²) in [4.78, 5) is 46.4. The summed E-state index contributed by atoms with van der Waals surface area (Å²) in [5.41, 5.74) is 3.15. The summed E-state index contributed by atoms with van der Waals surface area (Å²) < 4.78 is 6.10. The summed E-state index contributed by atoms with van der Waals surface area (Å²) in [7, 11) is 0. The maximum atomic E-state index is 14.8. The van der Waals surface area contributed by atoms with Crippen LogP contribution in [0.2, 0.25) is 5.02 Å². The van der Waals surface area contributed by atoms with Gasteiger partial charge in [-0.25, -0.2) is 0 Å². The van der Waals surface area contributed by atoms with Crippen LogP contribution in [-0.2, 0) is 0 Å². The number of rotatable bonds is 5. The molecule has 0 bridgehead atoms. The number of anilines is 1. The van der Waals surface area contributed by atoms with Crippen LogP contribution >= 0.6 is 11.6 Å². The first kappa shape index (κ1) is 26.4. The van der Waals surface area contributed by atoms with Crippen molar-refractivity contribution in [3.8, 4) is 5.75 Å². The maximum absolute atomic E-state index is 14.8. The number of carbonyl (C=O) groups is 3. The van der Waals surface area contributed by atoms with Crippen LogP contribution in [-0.4, -0.2) is 36.0 Å². The molecule has 0 N–H and O–H groups in total. The predicted octanol–water partition coefficient (Wildman–Crippen LogP) is 7.36. The first-order valence-corrected chi connectivity index (χ1v) is 14.5. The second kappa shape index (κ2) is 9.81. The molecule has 0 saturated carbocycles. The highest BCUT2D eigenvalue weighted by atomic mass is 35.5. The molecule has 4 aromatic carbocycles. The molecule has 0 unspecified atom stereocenters. The first-order chi connectivity index (χ1) is 20.4. The second-order valence-corrected chi connectivity index (χ2v) is 11.5. The fourth-order valence-corrected chi connectivity index (χ4v) is 7.37. The molecule has 1 aliphatic carbocycles. The molecular formula is C36H28ClNO4. The topological polar surface area (TPSA) is 63.7 Å². The molecule has 0 amide bonds. The van der Waals surface area contributed by atoms with Crippen molar-refractivity contribution in [3.63, 3.8) is 0 Å². The van der Waals surface area contributed by atoms with Crippen molar-refractivity contribution in [3.05, 3.63) is 135 Å². The van der Waals surface area contributed by atoms with E-state index in [0.29, 0.717) is 39.6 Å². The molecule has 42 heavy (non-hydrogen) atoms. The lowest BCUT2D eigenvalue weighted by molar-refractivity contribution is 0.0664. The van der Waals surface area contributed by atoms with E-state index in [1.165, 1.54) is 0 Å². The van der Waals surface area contributed by atoms with E-state index in [-0.39, 0.29) is 17.3 Å². The molecule has 5 nitrogen and oxygen atoms in total. The average Bonchev–Trinajstić information content (AvgIpc) is 3.43. The van der Waals surface area contributed by atoms with Crippen LogP contribution in [0.3, 0.4) is 0 Å². The summed E-state index contributed by atoms with van der Waals surface area (Å²) in [6, 6.07) is 25.7. The smallest absolute Gasteiger partial charge is 0.185 e. The standard InChI is InChI=1S/C36H28ClNO4/c1-3-42-29-11-7-6-10-27(29)31-32(33(39)22-13-16-24(37)17-14-22)38-28-18-12-21(2)20-23(28)15-19-30(38)36(31)34(40)25-8-4-5-9-26(25)35(36)41/h4-20,30-32H,3H2,1-2H3/t30-,31-,32+/m0/s1. The minimum absolute atomic E-state index is 0.191. The molecule has 1 saturated heterocycles. The Labute approximate surface area is 249 Å². The summed E-state index contributed by atoms with van der Waals surface area (Å²) >= 11 is 6.20. The number of halogens is 1. The second-order valence-electron chi connectivity index (χ2n) is 11.1. The van der Waals surface area contributed by atoms with Crippen LogP contribution in [0, 0.1) is 12.3 Å². The molecule has 1 spiro atoms. The predicted molar refractivity (Wildman–Crippen MR) is 164 cm³/mol. The van der Waals surface area contributed by atoms with Crippen LogP contribution in [0.4, 0.5) is 5.69 Å². The number of hydrogen-bond donors (Lipinski definition) is 0. The van der Waals surface area contributed by atoms with E-state index in [4.69, 9.17) is 16.3 Å². The monoisotopic (exact) mass is 573 g/mol. The number of Topliss-reactive ketones (excluding diaryl/α,β-unsaturated/α-hetero) is 3. The van der Waals surface area contributed by atoms with E-state index < -0.39 is 23.4 Å². The first-order valence-electron chi connectivity index (χ1n) is 14.1. The molecule has 0 aromatic heterocycles. The molecule has 2 aliphatic heterocycles. The van der Waals surface area contributed by atoms with Gasteiger partial charge in [0.25, 0.3) is 0 Å². The Hall–Kier alpha value is -4.48. The SMILES string of the molecule is CCOc1ccccc1[C@H]1[C@H](C(=O)c2ccc(Cl)cc2)N2c3ccc(C)cc3C=C[C@H]2C12C(=O)c1ccccc1C2=O. The fourth-order valence-electron chi connectivity index (χ4n) is 7.25. The number of hydrogen-bond acceptors (Lipinski definition) is 5. The van der Waals surface area contributed by atoms with Gasteiger partial charge in [-0.05, 0) is 61.9 Å². The van der Waals surface area contributed by atoms with E-state index in [0.717, 1.165) is 16.8 Å². The minimum atomic E-state index is -1.58. The molecule has 0 radical (unpaired) electrons. The Kier molecular flexibility index (Phi) is 6.17. The third kappa shape index (κ3) is 3.59. The van der Waals surface area contributed by atoms with E-state index in [1.807, 2.05) is 67.3 Å². The average molecular weight is 574 g/mol. The van der Waals surface area contributed by atoms with Crippen molar-refractivity contribution >= 4 is 40.7 Å². The molecule has 208 valence electrons. The molecule has 4 aromatic rings. The van der Waals surface area contributed by atoms with Crippen molar-refractivity contribution in [2.24, 2.45) is 5.41 Å². The van der Waals surface area contributed by atoms with E-state index in [1.54, 1.807) is 48.5 Å². The number of carbonyl (C=O) groups excluding carboxylic acids is 3. The van der Waals surface area contributed by atoms with Gasteiger partial charge >= 0.3 is 0 Å². The van der Waals surface area contributed by atoms with Gasteiger partial charge in [0, 0.05) is 38.9 Å². The van der Waals surface area contributed by atoms with Crippen LogP contribution in [0.1, 0.15) is 60.6 Å². The van der Waals surface area contributed by atoms with Crippen molar-refractivity contribution in [1.29, 1.82) is 0 Å². The molecule has 3 atom stereocenters. The highest BCUT2D eigenvalue weighted by Gasteiger charge is 2.71. The Bertz CT molecular complexity index is 1770. The molecule has 3 aliphatic rings. The van der Waals surface area contributed by atoms with Gasteiger partial charge in [0.1, 0.15) is 17.2 Å². The van der Waals surface area contributed by atoms with Crippen LogP contribution in [0.25, 0.3) is 6.08 Å². The van der Waals surface area contributed by atoms with Crippen LogP contribution in [0.5, 0.6) is 5.75 Å². The lowest BCUT2D eigenvalue weighted by atomic mass is 9.64. The zero-order chi connectivity index (χ0) is 29.2. The van der Waals surface area contributed by atoms with Gasteiger partial charge in [0.2, 0.25) is 0 Å². The van der Waals surface area contributed by atoms with Gasteiger partial charge in [-0.15, -0.1) is 0 Å². The van der Waals surface area contributed by atoms with Gasteiger partial charge in [0.05, 0.1) is 12.6 Å². The Morgan fingerprint density at radius 2 is 1.57 bits per heavy atom. The van der Waals surface area contributed by atoms with Gasteiger partial charge in [-0.2, -0.15) is 0 Å². The summed E-state index contributed by atoms with van der Waals surface area (Å²) in [6.07, 6.45) is 3.92. The highest BCUT2D eigenvalue weighted by Crippen LogP contribution is 2.62. The Morgan fingerprint density at radius 3 is 2.26 bits per heavy atom. The number of benzene rings is 4. The van der Waals surface area contributed by atoms with Gasteiger partial charge in [-0.3, -0.25) is 14.4 Å². The fraction of sp³-hybridized carbons (Fsp3) is 0.194. The number of fused-ring (bicyclic) bond motifs is 5. The summed E-state index contributed by atoms with van der Waals surface area (Å²) in [6.45, 7) is 4.30. The third-order valence-electron chi connectivity index (χ3n) is 8.91. The zero-order valence-electron chi connectivity index (χ0n) is 23.2. The minimum Gasteiger partial charge on any atom is -0.494 e. The Balaban J connectivity index is 1.56. The number of ether oxygens (including phenoxy) is 1. The lowest BCUT2D eigenvalue weighted by Gasteiger charge is -2.37. The van der Waals surface area contributed by atoms with Gasteiger partial charge in [0.15, 0.2) is 17.3 Å². The summed E-state index contributed by atoms with van der Waals surface area (Å²) in [5.74, 6) is -0.995. The maximum Gasteiger partial charge on any atom is 0.185 e. The normalized spacial score (nSPS) is 21.3. The van der Waals surface area contributed by atoms with Crippen LogP contribution in [0.15, 0.2) is 97.1 Å². The van der Waals surface area contributed by atoms with Crippen molar-refractivity contribution < 1.29 is 19.1 Å². The molecule has 2 heterocycles. The summed E-state index contributed by atoms with van der Waals surface area (Å²) in [5, 5.41) is 0.517. The van der Waals surface area contributed by atoms with Gasteiger partial charge < -0.3 is 9.64 Å². The van der Waals surface area contributed by atoms with E-state index >= 15 is 0 Å².